The summed E-state index contributed by atoms with van der Waals surface area (Å²) in [4.78, 5) is 27.5. The largest absolute Gasteiger partial charge is 0.466 e. The number of amides is 1. The lowest BCUT2D eigenvalue weighted by molar-refractivity contribution is -0.151. The van der Waals surface area contributed by atoms with Crippen LogP contribution in [0.4, 0.5) is 0 Å². The number of rotatable bonds is 6. The van der Waals surface area contributed by atoms with Crippen molar-refractivity contribution >= 4 is 35.0 Å². The Labute approximate surface area is 167 Å². The molecule has 2 aromatic rings. The monoisotopic (exact) mass is 408 g/mol. The zero-order valence-corrected chi connectivity index (χ0v) is 17.4. The summed E-state index contributed by atoms with van der Waals surface area (Å²) < 4.78 is 7.01. The van der Waals surface area contributed by atoms with Crippen LogP contribution in [0.1, 0.15) is 26.7 Å². The molecule has 0 spiro atoms. The van der Waals surface area contributed by atoms with E-state index in [1.807, 2.05) is 47.9 Å². The summed E-state index contributed by atoms with van der Waals surface area (Å²) in [6.45, 7) is 5.28. The third-order valence-corrected chi connectivity index (χ3v) is 6.62. The highest BCUT2D eigenvalue weighted by molar-refractivity contribution is 8.00. The lowest BCUT2D eigenvalue weighted by Crippen LogP contribution is -2.43. The molecule has 27 heavy (non-hydrogen) atoms. The van der Waals surface area contributed by atoms with Gasteiger partial charge in [0.2, 0.25) is 5.91 Å². The minimum Gasteiger partial charge on any atom is -0.466 e. The molecule has 2 aromatic heterocycles. The summed E-state index contributed by atoms with van der Waals surface area (Å²) in [6.07, 6.45) is 1.32. The Bertz CT molecular complexity index is 783. The summed E-state index contributed by atoms with van der Waals surface area (Å²) in [5.74, 6) is 0.640. The van der Waals surface area contributed by atoms with Gasteiger partial charge in [-0.3, -0.25) is 9.59 Å². The van der Waals surface area contributed by atoms with Gasteiger partial charge in [-0.1, -0.05) is 17.8 Å². The number of hydrogen-bond donors (Lipinski definition) is 0. The molecular formula is C18H24N4O3S2. The molecule has 7 nitrogen and oxygen atoms in total. The van der Waals surface area contributed by atoms with Crippen molar-refractivity contribution in [2.24, 2.45) is 13.0 Å². The Hall–Kier alpha value is -1.87. The van der Waals surface area contributed by atoms with Crippen molar-refractivity contribution < 1.29 is 14.3 Å². The number of likely N-dealkylation sites (tertiary alicyclic amines) is 1. The average Bonchev–Trinajstić information content (AvgIpc) is 3.32. The number of aromatic nitrogens is 3. The van der Waals surface area contributed by atoms with Crippen LogP contribution in [0.3, 0.4) is 0 Å². The van der Waals surface area contributed by atoms with Crippen molar-refractivity contribution in [3.8, 4) is 10.7 Å². The second kappa shape index (κ2) is 8.88. The SMILES string of the molecule is CCOC(=O)C1CCN(C(=O)C(C)Sc2nnc(-c3cccs3)n2C)CC1. The maximum absolute atomic E-state index is 12.8. The first-order valence-electron chi connectivity index (χ1n) is 9.06. The van der Waals surface area contributed by atoms with Gasteiger partial charge >= 0.3 is 5.97 Å². The van der Waals surface area contributed by atoms with Gasteiger partial charge in [0.05, 0.1) is 22.7 Å². The third kappa shape index (κ3) is 4.52. The van der Waals surface area contributed by atoms with Crippen molar-refractivity contribution in [3.63, 3.8) is 0 Å². The molecule has 1 aliphatic heterocycles. The molecular weight excluding hydrogens is 384 g/mol. The molecule has 0 N–H and O–H groups in total. The fraction of sp³-hybridized carbons (Fsp3) is 0.556. The second-order valence-corrected chi connectivity index (χ2v) is 8.71. The number of ether oxygens (including phenoxy) is 1. The van der Waals surface area contributed by atoms with Crippen LogP contribution in [0.5, 0.6) is 0 Å². The van der Waals surface area contributed by atoms with E-state index >= 15 is 0 Å². The van der Waals surface area contributed by atoms with Crippen LogP contribution in [0, 0.1) is 5.92 Å². The molecule has 1 unspecified atom stereocenters. The van der Waals surface area contributed by atoms with E-state index in [1.165, 1.54) is 11.8 Å². The standard InChI is InChI=1S/C18H24N4O3S2/c1-4-25-17(24)13-7-9-22(10-8-13)16(23)12(2)27-18-20-19-15(21(18)3)14-6-5-11-26-14/h5-6,11-13H,4,7-10H2,1-3H3. The van der Waals surface area contributed by atoms with E-state index in [1.54, 1.807) is 11.3 Å². The molecule has 1 atom stereocenters. The predicted octanol–water partition coefficient (Wildman–Crippen LogP) is 2.83. The Balaban J connectivity index is 1.57. The van der Waals surface area contributed by atoms with E-state index < -0.39 is 0 Å². The second-order valence-electron chi connectivity index (χ2n) is 6.45. The summed E-state index contributed by atoms with van der Waals surface area (Å²) in [7, 11) is 1.92. The van der Waals surface area contributed by atoms with E-state index in [-0.39, 0.29) is 23.0 Å². The minimum atomic E-state index is -0.261. The summed E-state index contributed by atoms with van der Waals surface area (Å²) in [5.41, 5.74) is 0. The first kappa shape index (κ1) is 19.9. The van der Waals surface area contributed by atoms with Gasteiger partial charge in [-0.25, -0.2) is 0 Å². The maximum atomic E-state index is 12.8. The van der Waals surface area contributed by atoms with Gasteiger partial charge < -0.3 is 14.2 Å². The third-order valence-electron chi connectivity index (χ3n) is 4.63. The molecule has 0 radical (unpaired) electrons. The Morgan fingerprint density at radius 2 is 2.11 bits per heavy atom. The average molecular weight is 409 g/mol. The number of hydrogen-bond acceptors (Lipinski definition) is 7. The van der Waals surface area contributed by atoms with Gasteiger partial charge in [0, 0.05) is 20.1 Å². The van der Waals surface area contributed by atoms with Crippen LogP contribution < -0.4 is 0 Å². The molecule has 0 aromatic carbocycles. The zero-order valence-electron chi connectivity index (χ0n) is 15.8. The first-order valence-corrected chi connectivity index (χ1v) is 10.8. The van der Waals surface area contributed by atoms with Gasteiger partial charge in [0.25, 0.3) is 0 Å². The summed E-state index contributed by atoms with van der Waals surface area (Å²) >= 11 is 3.03. The first-order chi connectivity index (χ1) is 13.0. The van der Waals surface area contributed by atoms with Crippen LogP contribution in [0.15, 0.2) is 22.7 Å². The Morgan fingerprint density at radius 1 is 1.37 bits per heavy atom. The Morgan fingerprint density at radius 3 is 2.74 bits per heavy atom. The van der Waals surface area contributed by atoms with Crippen LogP contribution in [-0.2, 0) is 21.4 Å². The lowest BCUT2D eigenvalue weighted by atomic mass is 9.97. The highest BCUT2D eigenvalue weighted by atomic mass is 32.2. The fourth-order valence-electron chi connectivity index (χ4n) is 3.10. The summed E-state index contributed by atoms with van der Waals surface area (Å²) in [5, 5.41) is 11.0. The predicted molar refractivity (Wildman–Crippen MR) is 106 cm³/mol. The number of thiophene rings is 1. The lowest BCUT2D eigenvalue weighted by Gasteiger charge is -2.32. The van der Waals surface area contributed by atoms with E-state index in [2.05, 4.69) is 10.2 Å². The normalized spacial score (nSPS) is 16.3. The molecule has 1 amide bonds. The van der Waals surface area contributed by atoms with Crippen molar-refractivity contribution in [1.29, 1.82) is 0 Å². The topological polar surface area (TPSA) is 77.3 Å². The molecule has 9 heteroatoms. The van der Waals surface area contributed by atoms with E-state index in [4.69, 9.17) is 4.74 Å². The van der Waals surface area contributed by atoms with Gasteiger partial charge in [-0.05, 0) is 38.1 Å². The molecule has 1 fully saturated rings. The van der Waals surface area contributed by atoms with Crippen LogP contribution in [0.25, 0.3) is 10.7 Å². The van der Waals surface area contributed by atoms with Crippen molar-refractivity contribution in [2.45, 2.75) is 37.1 Å². The van der Waals surface area contributed by atoms with Gasteiger partial charge in [0.1, 0.15) is 0 Å². The van der Waals surface area contributed by atoms with Gasteiger partial charge in [0.15, 0.2) is 11.0 Å². The Kier molecular flexibility index (Phi) is 6.54. The number of piperidine rings is 1. The fourth-order valence-corrected chi connectivity index (χ4v) is 4.74. The van der Waals surface area contributed by atoms with E-state index in [9.17, 15) is 9.59 Å². The van der Waals surface area contributed by atoms with E-state index in [0.717, 1.165) is 15.9 Å². The van der Waals surface area contributed by atoms with Gasteiger partial charge in [-0.15, -0.1) is 21.5 Å². The molecule has 3 heterocycles. The maximum Gasteiger partial charge on any atom is 0.309 e. The van der Waals surface area contributed by atoms with Crippen LogP contribution >= 0.6 is 23.1 Å². The number of esters is 1. The number of thioether (sulfide) groups is 1. The molecule has 1 aliphatic rings. The van der Waals surface area contributed by atoms with Gasteiger partial charge in [-0.2, -0.15) is 0 Å². The van der Waals surface area contributed by atoms with Crippen LogP contribution in [0.2, 0.25) is 0 Å². The molecule has 0 bridgehead atoms. The van der Waals surface area contributed by atoms with Crippen molar-refractivity contribution in [1.82, 2.24) is 19.7 Å². The quantitative estimate of drug-likeness (QED) is 0.540. The molecule has 146 valence electrons. The molecule has 1 saturated heterocycles. The zero-order chi connectivity index (χ0) is 19.4. The van der Waals surface area contributed by atoms with Crippen molar-refractivity contribution in [2.75, 3.05) is 19.7 Å². The smallest absolute Gasteiger partial charge is 0.309 e. The minimum absolute atomic E-state index is 0.0722. The highest BCUT2D eigenvalue weighted by Gasteiger charge is 2.31. The van der Waals surface area contributed by atoms with Crippen molar-refractivity contribution in [3.05, 3.63) is 17.5 Å². The number of carbonyl (C=O) groups excluding carboxylic acids is 2. The molecule has 3 rings (SSSR count). The highest BCUT2D eigenvalue weighted by Crippen LogP contribution is 2.29. The van der Waals surface area contributed by atoms with Crippen LogP contribution in [-0.4, -0.2) is 56.5 Å². The number of carbonyl (C=O) groups is 2. The molecule has 0 aliphatic carbocycles. The van der Waals surface area contributed by atoms with E-state index in [0.29, 0.717) is 32.5 Å². The number of nitrogens with zero attached hydrogens (tertiary/aromatic N) is 4. The summed E-state index contributed by atoms with van der Waals surface area (Å²) in [6, 6.07) is 3.99. The molecule has 0 saturated carbocycles.